The summed E-state index contributed by atoms with van der Waals surface area (Å²) in [6.07, 6.45) is 0.372. The van der Waals surface area contributed by atoms with E-state index in [4.69, 9.17) is 27.9 Å². The number of halogens is 2. The Morgan fingerprint density at radius 2 is 1.93 bits per heavy atom. The third kappa shape index (κ3) is 5.08. The van der Waals surface area contributed by atoms with Gasteiger partial charge in [0.05, 0.1) is 23.4 Å². The second-order valence-corrected chi connectivity index (χ2v) is 7.45. The Hall–Kier alpha value is -2.57. The van der Waals surface area contributed by atoms with E-state index in [2.05, 4.69) is 10.4 Å². The number of carbonyl (C=O) groups excluding carboxylic acids is 2. The molecule has 1 amide bonds. The summed E-state index contributed by atoms with van der Waals surface area (Å²) in [4.78, 5) is 24.1. The lowest BCUT2D eigenvalue weighted by molar-refractivity contribution is -0.142. The van der Waals surface area contributed by atoms with E-state index in [9.17, 15) is 9.59 Å². The Balaban J connectivity index is 1.88. The van der Waals surface area contributed by atoms with Gasteiger partial charge in [-0.3, -0.25) is 14.6 Å². The van der Waals surface area contributed by atoms with Crippen molar-refractivity contribution >= 4 is 46.5 Å². The van der Waals surface area contributed by atoms with E-state index in [0.29, 0.717) is 27.9 Å². The maximum atomic E-state index is 12.6. The fourth-order valence-corrected chi connectivity index (χ4v) is 3.55. The third-order valence-electron chi connectivity index (χ3n) is 4.49. The maximum absolute atomic E-state index is 12.6. The molecular weight excluding hydrogens is 413 g/mol. The average Bonchev–Trinajstić information content (AvgIpc) is 3.12. The minimum Gasteiger partial charge on any atom is -0.465 e. The second-order valence-electron chi connectivity index (χ2n) is 6.61. The van der Waals surface area contributed by atoms with E-state index < -0.39 is 11.9 Å². The van der Waals surface area contributed by atoms with E-state index >= 15 is 0 Å². The molecular formula is C21H21Cl2N3O3. The average molecular weight is 434 g/mol. The van der Waals surface area contributed by atoms with Gasteiger partial charge < -0.3 is 10.1 Å². The lowest BCUT2D eigenvalue weighted by atomic mass is 10.00. The van der Waals surface area contributed by atoms with Crippen LogP contribution in [0.4, 0.5) is 5.69 Å². The predicted octanol–water partition coefficient (Wildman–Crippen LogP) is 4.29. The molecule has 2 aromatic rings. The number of rotatable bonds is 6. The summed E-state index contributed by atoms with van der Waals surface area (Å²) >= 11 is 12.4. The Kier molecular flexibility index (Phi) is 6.77. The minimum atomic E-state index is -0.493. The number of ether oxygens (including phenoxy) is 1. The first kappa shape index (κ1) is 21.1. The Bertz CT molecular complexity index is 945. The summed E-state index contributed by atoms with van der Waals surface area (Å²) < 4.78 is 4.84. The molecule has 0 aromatic heterocycles. The SMILES string of the molecule is CCOC(=O)CNC(=O)C1=NN(c2ccc(Cl)cc2Cl)C(c2ccc(C)cc2)C1. The number of nitrogens with zero attached hydrogens (tertiary/aromatic N) is 2. The molecule has 0 spiro atoms. The summed E-state index contributed by atoms with van der Waals surface area (Å²) in [6.45, 7) is 3.77. The molecule has 1 atom stereocenters. The molecule has 3 rings (SSSR count). The molecule has 1 N–H and O–H groups in total. The van der Waals surface area contributed by atoms with Crippen LogP contribution in [0.1, 0.15) is 30.5 Å². The zero-order valence-corrected chi connectivity index (χ0v) is 17.6. The van der Waals surface area contributed by atoms with Gasteiger partial charge in [0.1, 0.15) is 12.3 Å². The minimum absolute atomic E-state index is 0.206. The van der Waals surface area contributed by atoms with E-state index in [1.54, 1.807) is 30.1 Å². The third-order valence-corrected chi connectivity index (χ3v) is 5.03. The van der Waals surface area contributed by atoms with Crippen LogP contribution >= 0.6 is 23.2 Å². The van der Waals surface area contributed by atoms with Crippen LogP contribution in [0.5, 0.6) is 0 Å². The fourth-order valence-electron chi connectivity index (χ4n) is 3.05. The summed E-state index contributed by atoms with van der Waals surface area (Å²) in [5.41, 5.74) is 3.09. The molecule has 2 aromatic carbocycles. The zero-order valence-electron chi connectivity index (χ0n) is 16.1. The van der Waals surface area contributed by atoms with Crippen LogP contribution in [0, 0.1) is 6.92 Å². The van der Waals surface area contributed by atoms with Gasteiger partial charge in [-0.2, -0.15) is 5.10 Å². The zero-order chi connectivity index (χ0) is 21.0. The van der Waals surface area contributed by atoms with Crippen LogP contribution in [0.2, 0.25) is 10.0 Å². The number of hydrazone groups is 1. The van der Waals surface area contributed by atoms with Crippen molar-refractivity contribution in [3.63, 3.8) is 0 Å². The van der Waals surface area contributed by atoms with Crippen molar-refractivity contribution in [1.82, 2.24) is 5.32 Å². The molecule has 29 heavy (non-hydrogen) atoms. The second kappa shape index (κ2) is 9.29. The molecule has 6 nitrogen and oxygen atoms in total. The van der Waals surface area contributed by atoms with Gasteiger partial charge in [0.25, 0.3) is 5.91 Å². The van der Waals surface area contributed by atoms with E-state index in [-0.39, 0.29) is 19.2 Å². The van der Waals surface area contributed by atoms with E-state index in [1.807, 2.05) is 31.2 Å². The molecule has 1 aliphatic rings. The number of esters is 1. The van der Waals surface area contributed by atoms with Gasteiger partial charge in [0.2, 0.25) is 0 Å². The summed E-state index contributed by atoms with van der Waals surface area (Å²) in [5, 5.41) is 9.75. The number of hydrogen-bond acceptors (Lipinski definition) is 5. The van der Waals surface area contributed by atoms with Gasteiger partial charge in [-0.15, -0.1) is 0 Å². The van der Waals surface area contributed by atoms with Gasteiger partial charge in [0.15, 0.2) is 0 Å². The van der Waals surface area contributed by atoms with E-state index in [0.717, 1.165) is 11.1 Å². The van der Waals surface area contributed by atoms with Crippen LogP contribution in [-0.4, -0.2) is 30.7 Å². The number of nitrogens with one attached hydrogen (secondary N) is 1. The van der Waals surface area contributed by atoms with Gasteiger partial charge in [-0.25, -0.2) is 0 Å². The molecule has 0 saturated carbocycles. The molecule has 152 valence electrons. The highest BCUT2D eigenvalue weighted by atomic mass is 35.5. The van der Waals surface area contributed by atoms with Crippen molar-refractivity contribution in [2.24, 2.45) is 5.10 Å². The molecule has 0 radical (unpaired) electrons. The number of anilines is 1. The molecule has 0 saturated heterocycles. The first-order valence-corrected chi connectivity index (χ1v) is 9.96. The highest BCUT2D eigenvalue weighted by Gasteiger charge is 2.33. The summed E-state index contributed by atoms with van der Waals surface area (Å²) in [5.74, 6) is -0.908. The highest BCUT2D eigenvalue weighted by molar-refractivity contribution is 6.40. The number of amides is 1. The lowest BCUT2D eigenvalue weighted by Gasteiger charge is -2.25. The Labute approximate surface area is 179 Å². The van der Waals surface area contributed by atoms with Gasteiger partial charge >= 0.3 is 5.97 Å². The van der Waals surface area contributed by atoms with Gasteiger partial charge in [-0.1, -0.05) is 53.0 Å². The summed E-state index contributed by atoms with van der Waals surface area (Å²) in [7, 11) is 0. The van der Waals surface area contributed by atoms with Crippen molar-refractivity contribution in [3.8, 4) is 0 Å². The standard InChI is InChI=1S/C21H21Cl2N3O3/c1-3-29-20(27)12-24-21(28)17-11-19(14-6-4-13(2)5-7-14)26(25-17)18-9-8-15(22)10-16(18)23/h4-10,19H,3,11-12H2,1-2H3,(H,24,28). The van der Waals surface area contributed by atoms with Crippen LogP contribution in [0.15, 0.2) is 47.6 Å². The molecule has 1 unspecified atom stereocenters. The van der Waals surface area contributed by atoms with Gasteiger partial charge in [0, 0.05) is 11.4 Å². The van der Waals surface area contributed by atoms with Crippen LogP contribution in [0.3, 0.4) is 0 Å². The predicted molar refractivity (Wildman–Crippen MR) is 115 cm³/mol. The van der Waals surface area contributed by atoms with Crippen molar-refractivity contribution in [2.75, 3.05) is 18.2 Å². The summed E-state index contributed by atoms with van der Waals surface area (Å²) in [6, 6.07) is 13.0. The Morgan fingerprint density at radius 1 is 1.21 bits per heavy atom. The normalized spacial score (nSPS) is 15.8. The monoisotopic (exact) mass is 433 g/mol. The Morgan fingerprint density at radius 3 is 2.59 bits per heavy atom. The largest absolute Gasteiger partial charge is 0.465 e. The van der Waals surface area contributed by atoms with Crippen LogP contribution in [0.25, 0.3) is 0 Å². The maximum Gasteiger partial charge on any atom is 0.325 e. The first-order valence-electron chi connectivity index (χ1n) is 9.21. The van der Waals surface area contributed by atoms with Crippen LogP contribution in [-0.2, 0) is 14.3 Å². The molecule has 0 fully saturated rings. The molecule has 0 aliphatic carbocycles. The fraction of sp³-hybridized carbons (Fsp3) is 0.286. The lowest BCUT2D eigenvalue weighted by Crippen LogP contribution is -2.35. The van der Waals surface area contributed by atoms with Gasteiger partial charge in [-0.05, 0) is 37.6 Å². The topological polar surface area (TPSA) is 71.0 Å². The van der Waals surface area contributed by atoms with Crippen molar-refractivity contribution < 1.29 is 14.3 Å². The number of carbonyl (C=O) groups is 2. The van der Waals surface area contributed by atoms with Crippen LogP contribution < -0.4 is 10.3 Å². The molecule has 0 bridgehead atoms. The first-order chi connectivity index (χ1) is 13.9. The number of benzene rings is 2. The number of aryl methyl sites for hydroxylation is 1. The van der Waals surface area contributed by atoms with Crippen molar-refractivity contribution in [1.29, 1.82) is 0 Å². The molecule has 1 heterocycles. The smallest absolute Gasteiger partial charge is 0.325 e. The highest BCUT2D eigenvalue weighted by Crippen LogP contribution is 2.39. The molecule has 1 aliphatic heterocycles. The quantitative estimate of drug-likeness (QED) is 0.689. The van der Waals surface area contributed by atoms with Crippen molar-refractivity contribution in [3.05, 3.63) is 63.6 Å². The number of hydrogen-bond donors (Lipinski definition) is 1. The van der Waals surface area contributed by atoms with E-state index in [1.165, 1.54) is 0 Å². The van der Waals surface area contributed by atoms with Crippen molar-refractivity contribution in [2.45, 2.75) is 26.3 Å². The molecule has 8 heteroatoms.